The van der Waals surface area contributed by atoms with Crippen LogP contribution in [0.3, 0.4) is 0 Å². The van der Waals surface area contributed by atoms with Gasteiger partial charge in [-0.25, -0.2) is 9.13 Å². The molecule has 558 valence electrons. The third kappa shape index (κ3) is 68.6. The molecule has 5 atom stereocenters. The van der Waals surface area contributed by atoms with E-state index in [1.165, 1.54) is 218 Å². The van der Waals surface area contributed by atoms with E-state index >= 15 is 0 Å². The maximum absolute atomic E-state index is 13.1. The van der Waals surface area contributed by atoms with Gasteiger partial charge >= 0.3 is 39.5 Å². The van der Waals surface area contributed by atoms with Crippen molar-refractivity contribution in [2.24, 2.45) is 0 Å². The summed E-state index contributed by atoms with van der Waals surface area (Å²) < 4.78 is 68.3. The zero-order valence-corrected chi connectivity index (χ0v) is 62.7. The molecule has 17 nitrogen and oxygen atoms in total. The number of esters is 4. The Morgan fingerprint density at radius 2 is 0.426 bits per heavy atom. The molecule has 0 aliphatic carbocycles. The van der Waals surface area contributed by atoms with Crippen LogP contribution in [0.1, 0.15) is 400 Å². The molecule has 0 spiro atoms. The SMILES string of the molecule is CCCCCCCCCCCCCCCCCCCCCCCCC(=O)O[C@H](COC(=O)CCCCCCCCCCCCCCCCC)COP(=O)(O)OC[C@@H](O)COP(=O)(O)OC[C@@H](COC(=O)CCCCCCCCC)OC(=O)CCCCCCCCCCCC. The average Bonchev–Trinajstić information content (AvgIpc) is 2.36. The molecule has 19 heteroatoms. The minimum absolute atomic E-state index is 0.107. The number of phosphoric acid groups is 2. The quantitative estimate of drug-likeness (QED) is 0.0222. The van der Waals surface area contributed by atoms with Gasteiger partial charge in [0.25, 0.3) is 0 Å². The van der Waals surface area contributed by atoms with Crippen molar-refractivity contribution in [2.45, 2.75) is 418 Å². The fraction of sp³-hybridized carbons (Fsp3) is 0.947. The van der Waals surface area contributed by atoms with Crippen molar-refractivity contribution in [1.29, 1.82) is 0 Å². The lowest BCUT2D eigenvalue weighted by atomic mass is 10.0. The summed E-state index contributed by atoms with van der Waals surface area (Å²) >= 11 is 0. The van der Waals surface area contributed by atoms with Crippen LogP contribution >= 0.6 is 15.6 Å². The van der Waals surface area contributed by atoms with Crippen molar-refractivity contribution in [3.8, 4) is 0 Å². The van der Waals surface area contributed by atoms with Crippen LogP contribution in [0, 0.1) is 0 Å². The normalized spacial score (nSPS) is 13.9. The number of phosphoric ester groups is 2. The van der Waals surface area contributed by atoms with Gasteiger partial charge in [-0.3, -0.25) is 37.3 Å². The van der Waals surface area contributed by atoms with Crippen molar-refractivity contribution in [2.75, 3.05) is 39.6 Å². The summed E-state index contributed by atoms with van der Waals surface area (Å²) in [6, 6.07) is 0. The molecule has 0 aliphatic rings. The first-order valence-electron chi connectivity index (χ1n) is 39.3. The van der Waals surface area contributed by atoms with Crippen molar-refractivity contribution in [3.63, 3.8) is 0 Å². The molecule has 0 saturated carbocycles. The molecule has 0 aromatic heterocycles. The molecule has 3 N–H and O–H groups in total. The van der Waals surface area contributed by atoms with Gasteiger partial charge in [-0.05, 0) is 25.7 Å². The molecule has 0 amide bonds. The summed E-state index contributed by atoms with van der Waals surface area (Å²) in [5, 5.41) is 10.6. The molecule has 0 aromatic carbocycles. The number of unbranched alkanes of at least 4 members (excludes halogenated alkanes) is 50. The number of aliphatic hydroxyl groups excluding tert-OH is 1. The van der Waals surface area contributed by atoms with Gasteiger partial charge in [0, 0.05) is 25.7 Å². The maximum atomic E-state index is 13.1. The van der Waals surface area contributed by atoms with E-state index in [4.69, 9.17) is 37.0 Å². The lowest BCUT2D eigenvalue weighted by Crippen LogP contribution is -2.30. The van der Waals surface area contributed by atoms with Crippen LogP contribution in [0.2, 0.25) is 0 Å². The first kappa shape index (κ1) is 92.1. The summed E-state index contributed by atoms with van der Waals surface area (Å²) in [4.78, 5) is 72.5. The molecule has 2 unspecified atom stereocenters. The number of aliphatic hydroxyl groups is 1. The second kappa shape index (κ2) is 69.5. The molecule has 0 heterocycles. The molecule has 0 rings (SSSR count). The van der Waals surface area contributed by atoms with E-state index < -0.39 is 97.5 Å². The minimum Gasteiger partial charge on any atom is -0.462 e. The van der Waals surface area contributed by atoms with Gasteiger partial charge in [0.15, 0.2) is 12.2 Å². The number of rotatable bonds is 76. The smallest absolute Gasteiger partial charge is 0.462 e. The van der Waals surface area contributed by atoms with E-state index in [0.29, 0.717) is 25.7 Å². The number of carbonyl (C=O) groups excluding carboxylic acids is 4. The number of carbonyl (C=O) groups is 4. The third-order valence-corrected chi connectivity index (χ3v) is 19.5. The second-order valence-electron chi connectivity index (χ2n) is 27.0. The molecule has 0 fully saturated rings. The highest BCUT2D eigenvalue weighted by molar-refractivity contribution is 7.47. The zero-order chi connectivity index (χ0) is 69.0. The Bertz CT molecular complexity index is 1790. The van der Waals surface area contributed by atoms with E-state index in [0.717, 1.165) is 103 Å². The summed E-state index contributed by atoms with van der Waals surface area (Å²) in [7, 11) is -9.90. The van der Waals surface area contributed by atoms with Crippen LogP contribution in [0.4, 0.5) is 0 Å². The predicted molar refractivity (Wildman–Crippen MR) is 382 cm³/mol. The second-order valence-corrected chi connectivity index (χ2v) is 29.9. The van der Waals surface area contributed by atoms with Crippen LogP contribution in [-0.2, 0) is 65.4 Å². The fourth-order valence-electron chi connectivity index (χ4n) is 11.6. The van der Waals surface area contributed by atoms with Crippen LogP contribution in [0.15, 0.2) is 0 Å². The molecule has 0 aromatic rings. The van der Waals surface area contributed by atoms with Gasteiger partial charge in [0.2, 0.25) is 0 Å². The van der Waals surface area contributed by atoms with Crippen molar-refractivity contribution in [1.82, 2.24) is 0 Å². The molecule has 0 saturated heterocycles. The Kier molecular flexibility index (Phi) is 68.1. The van der Waals surface area contributed by atoms with Crippen LogP contribution < -0.4 is 0 Å². The highest BCUT2D eigenvalue weighted by Gasteiger charge is 2.30. The first-order valence-corrected chi connectivity index (χ1v) is 42.3. The Morgan fingerprint density at radius 1 is 0.255 bits per heavy atom. The third-order valence-electron chi connectivity index (χ3n) is 17.6. The number of ether oxygens (including phenoxy) is 4. The van der Waals surface area contributed by atoms with E-state index in [1.807, 2.05) is 0 Å². The van der Waals surface area contributed by atoms with Crippen LogP contribution in [0.25, 0.3) is 0 Å². The van der Waals surface area contributed by atoms with E-state index in [2.05, 4.69) is 27.7 Å². The van der Waals surface area contributed by atoms with Crippen molar-refractivity contribution < 1.29 is 80.2 Å². The molecule has 94 heavy (non-hydrogen) atoms. The molecule has 0 aliphatic heterocycles. The lowest BCUT2D eigenvalue weighted by Gasteiger charge is -2.21. The summed E-state index contributed by atoms with van der Waals surface area (Å²) in [6.45, 7) is 4.92. The zero-order valence-electron chi connectivity index (χ0n) is 60.9. The fourth-order valence-corrected chi connectivity index (χ4v) is 13.2. The van der Waals surface area contributed by atoms with Crippen LogP contribution in [0.5, 0.6) is 0 Å². The summed E-state index contributed by atoms with van der Waals surface area (Å²) in [5.74, 6) is -2.12. The van der Waals surface area contributed by atoms with Gasteiger partial charge in [-0.15, -0.1) is 0 Å². The van der Waals surface area contributed by atoms with E-state index in [9.17, 15) is 43.2 Å². The van der Waals surface area contributed by atoms with E-state index in [1.54, 1.807) is 0 Å². The topological polar surface area (TPSA) is 237 Å². The maximum Gasteiger partial charge on any atom is 0.472 e. The summed E-state index contributed by atoms with van der Waals surface area (Å²) in [6.07, 6.45) is 59.9. The Morgan fingerprint density at radius 3 is 0.628 bits per heavy atom. The van der Waals surface area contributed by atoms with Gasteiger partial charge in [0.1, 0.15) is 19.3 Å². The van der Waals surface area contributed by atoms with Crippen LogP contribution in [-0.4, -0.2) is 96.7 Å². The lowest BCUT2D eigenvalue weighted by molar-refractivity contribution is -0.161. The first-order chi connectivity index (χ1) is 45.7. The standard InChI is InChI=1S/C75H146O17P2/c1-5-9-13-17-21-24-27-29-31-32-33-34-35-36-37-39-41-43-46-50-54-58-62-75(80)92-71(66-86-73(78)60-56-52-48-45-42-40-38-30-28-25-22-18-14-10-6-2)68-90-94(83,84)88-64-69(76)63-87-93(81,82)89-67-70(65-85-72(77)59-55-51-47-20-16-12-8-4)91-74(79)61-57-53-49-44-26-23-19-15-11-7-3/h69-71,76H,5-68H2,1-4H3,(H,81,82)(H,83,84)/t69-,70+,71+/m0/s1. The van der Waals surface area contributed by atoms with Gasteiger partial charge < -0.3 is 33.8 Å². The molecular formula is C75H146O17P2. The highest BCUT2D eigenvalue weighted by Crippen LogP contribution is 2.45. The van der Waals surface area contributed by atoms with Crippen molar-refractivity contribution in [3.05, 3.63) is 0 Å². The number of hydrogen-bond donors (Lipinski definition) is 3. The van der Waals surface area contributed by atoms with Gasteiger partial charge in [0.05, 0.1) is 26.4 Å². The van der Waals surface area contributed by atoms with Gasteiger partial charge in [-0.2, -0.15) is 0 Å². The largest absolute Gasteiger partial charge is 0.472 e. The molecular weight excluding hydrogens is 1230 g/mol. The monoisotopic (exact) mass is 1380 g/mol. The highest BCUT2D eigenvalue weighted by atomic mass is 31.2. The summed E-state index contributed by atoms with van der Waals surface area (Å²) in [5.41, 5.74) is 0. The van der Waals surface area contributed by atoms with Gasteiger partial charge in [-0.1, -0.05) is 349 Å². The van der Waals surface area contributed by atoms with E-state index in [-0.39, 0.29) is 25.7 Å². The Balaban J connectivity index is 5.13. The number of hydrogen-bond acceptors (Lipinski definition) is 15. The Labute approximate surface area is 575 Å². The molecule has 0 bridgehead atoms. The van der Waals surface area contributed by atoms with Crippen molar-refractivity contribution >= 4 is 39.5 Å². The minimum atomic E-state index is -4.95. The Hall–Kier alpha value is -1.94. The molecule has 0 radical (unpaired) electrons. The average molecular weight is 1380 g/mol. The predicted octanol–water partition coefficient (Wildman–Crippen LogP) is 22.2.